The highest BCUT2D eigenvalue weighted by atomic mass is 15.0. The molecule has 96 valence electrons. The van der Waals surface area contributed by atoms with Crippen LogP contribution >= 0.6 is 0 Å². The fraction of sp³-hybridized carbons (Fsp3) is 0.0556. The molecule has 2 heteroatoms. The zero-order chi connectivity index (χ0) is 13.5. The fourth-order valence-corrected chi connectivity index (χ4v) is 2.94. The number of hydrogen-bond donors (Lipinski definition) is 0. The number of hydrogen-bond acceptors (Lipinski definition) is 1. The third-order valence-corrected chi connectivity index (χ3v) is 3.79. The van der Waals surface area contributed by atoms with Crippen LogP contribution in [0.2, 0.25) is 0 Å². The highest BCUT2D eigenvalue weighted by Gasteiger charge is 2.13. The molecule has 0 unspecified atom stereocenters. The van der Waals surface area contributed by atoms with Crippen LogP contribution < -0.4 is 0 Å². The van der Waals surface area contributed by atoms with Crippen molar-refractivity contribution in [2.24, 2.45) is 0 Å². The van der Waals surface area contributed by atoms with Crippen molar-refractivity contribution in [1.29, 1.82) is 0 Å². The van der Waals surface area contributed by atoms with Crippen LogP contribution in [-0.2, 0) is 0 Å². The van der Waals surface area contributed by atoms with Crippen molar-refractivity contribution in [2.75, 3.05) is 0 Å². The first-order valence-electron chi connectivity index (χ1n) is 6.76. The van der Waals surface area contributed by atoms with Gasteiger partial charge in [-0.05, 0) is 31.2 Å². The van der Waals surface area contributed by atoms with E-state index in [-0.39, 0.29) is 0 Å². The van der Waals surface area contributed by atoms with E-state index < -0.39 is 0 Å². The summed E-state index contributed by atoms with van der Waals surface area (Å²) in [5.41, 5.74) is 4.70. The van der Waals surface area contributed by atoms with Crippen LogP contribution in [0.25, 0.3) is 27.5 Å². The molecule has 4 rings (SSSR count). The SMILES string of the molecule is Cc1nccc2c1c1ccccc1n2-c1ccccc1. The molecule has 0 fully saturated rings. The Kier molecular flexibility index (Phi) is 2.36. The van der Waals surface area contributed by atoms with Crippen molar-refractivity contribution >= 4 is 21.8 Å². The van der Waals surface area contributed by atoms with E-state index in [2.05, 4.69) is 71.1 Å². The topological polar surface area (TPSA) is 17.8 Å². The Morgan fingerprint density at radius 3 is 2.40 bits per heavy atom. The first-order valence-corrected chi connectivity index (χ1v) is 6.76. The molecule has 0 spiro atoms. The molecule has 0 aliphatic rings. The third kappa shape index (κ3) is 1.48. The maximum Gasteiger partial charge on any atom is 0.0574 e. The molecule has 0 radical (unpaired) electrons. The van der Waals surface area contributed by atoms with Crippen LogP contribution in [0.4, 0.5) is 0 Å². The molecular formula is C18H14N2. The number of para-hydroxylation sites is 2. The zero-order valence-corrected chi connectivity index (χ0v) is 11.2. The molecule has 20 heavy (non-hydrogen) atoms. The Morgan fingerprint density at radius 1 is 0.800 bits per heavy atom. The lowest BCUT2D eigenvalue weighted by atomic mass is 10.1. The van der Waals surface area contributed by atoms with Gasteiger partial charge in [0, 0.05) is 28.4 Å². The molecule has 0 atom stereocenters. The molecule has 2 aromatic heterocycles. The van der Waals surface area contributed by atoms with Crippen LogP contribution in [0, 0.1) is 6.92 Å². The Labute approximate surface area is 117 Å². The van der Waals surface area contributed by atoms with Gasteiger partial charge in [-0.1, -0.05) is 36.4 Å². The summed E-state index contributed by atoms with van der Waals surface area (Å²) < 4.78 is 2.30. The molecule has 0 bridgehead atoms. The number of rotatable bonds is 1. The zero-order valence-electron chi connectivity index (χ0n) is 11.2. The molecule has 0 amide bonds. The number of aromatic nitrogens is 2. The standard InChI is InChI=1S/C18H14N2/c1-13-18-15-9-5-6-10-16(15)20(17(18)11-12-19-13)14-7-3-2-4-8-14/h2-12H,1H3. The van der Waals surface area contributed by atoms with Crippen LogP contribution in [0.1, 0.15) is 5.69 Å². The maximum atomic E-state index is 4.45. The number of nitrogens with zero attached hydrogens (tertiary/aromatic N) is 2. The molecule has 0 saturated heterocycles. The van der Waals surface area contributed by atoms with Crippen molar-refractivity contribution in [1.82, 2.24) is 9.55 Å². The molecule has 0 N–H and O–H groups in total. The van der Waals surface area contributed by atoms with Crippen LogP contribution in [0.5, 0.6) is 0 Å². The lowest BCUT2D eigenvalue weighted by molar-refractivity contribution is 1.16. The predicted molar refractivity (Wildman–Crippen MR) is 83.3 cm³/mol. The van der Waals surface area contributed by atoms with Crippen LogP contribution in [0.15, 0.2) is 66.9 Å². The van der Waals surface area contributed by atoms with Gasteiger partial charge in [-0.15, -0.1) is 0 Å². The summed E-state index contributed by atoms with van der Waals surface area (Å²) in [6.07, 6.45) is 1.88. The molecule has 2 heterocycles. The lowest BCUT2D eigenvalue weighted by Crippen LogP contribution is -1.93. The molecule has 0 saturated carbocycles. The first kappa shape index (κ1) is 11.2. The van der Waals surface area contributed by atoms with Gasteiger partial charge in [0.2, 0.25) is 0 Å². The molecule has 2 aromatic carbocycles. The Hall–Kier alpha value is -2.61. The normalized spacial score (nSPS) is 11.2. The monoisotopic (exact) mass is 258 g/mol. The van der Waals surface area contributed by atoms with E-state index in [1.807, 2.05) is 12.3 Å². The van der Waals surface area contributed by atoms with Gasteiger partial charge in [0.25, 0.3) is 0 Å². The van der Waals surface area contributed by atoms with E-state index >= 15 is 0 Å². The van der Waals surface area contributed by atoms with Crippen molar-refractivity contribution < 1.29 is 0 Å². The Balaban J connectivity index is 2.26. The minimum absolute atomic E-state index is 1.08. The minimum atomic E-state index is 1.08. The average Bonchev–Trinajstić information content (AvgIpc) is 2.84. The molecule has 2 nitrogen and oxygen atoms in total. The van der Waals surface area contributed by atoms with Gasteiger partial charge in [0.1, 0.15) is 0 Å². The van der Waals surface area contributed by atoms with Gasteiger partial charge in [-0.2, -0.15) is 0 Å². The average molecular weight is 258 g/mol. The van der Waals surface area contributed by atoms with Crippen LogP contribution in [-0.4, -0.2) is 9.55 Å². The molecular weight excluding hydrogens is 244 g/mol. The van der Waals surface area contributed by atoms with E-state index in [4.69, 9.17) is 0 Å². The van der Waals surface area contributed by atoms with E-state index in [0.717, 1.165) is 5.69 Å². The summed E-state index contributed by atoms with van der Waals surface area (Å²) in [6.45, 7) is 2.07. The summed E-state index contributed by atoms with van der Waals surface area (Å²) in [6, 6.07) is 21.1. The number of fused-ring (bicyclic) bond motifs is 3. The van der Waals surface area contributed by atoms with Crippen molar-refractivity contribution in [3.63, 3.8) is 0 Å². The van der Waals surface area contributed by atoms with Crippen LogP contribution in [0.3, 0.4) is 0 Å². The highest BCUT2D eigenvalue weighted by molar-refractivity contribution is 6.10. The third-order valence-electron chi connectivity index (χ3n) is 3.79. The Bertz CT molecular complexity index is 905. The van der Waals surface area contributed by atoms with Gasteiger partial charge < -0.3 is 4.57 Å². The molecule has 0 aliphatic carbocycles. The summed E-state index contributed by atoms with van der Waals surface area (Å²) in [7, 11) is 0. The number of pyridine rings is 1. The second-order valence-corrected chi connectivity index (χ2v) is 4.98. The smallest absolute Gasteiger partial charge is 0.0574 e. The summed E-state index contributed by atoms with van der Waals surface area (Å²) in [4.78, 5) is 4.45. The van der Waals surface area contributed by atoms with E-state index in [9.17, 15) is 0 Å². The Morgan fingerprint density at radius 2 is 1.55 bits per heavy atom. The first-order chi connectivity index (χ1) is 9.86. The lowest BCUT2D eigenvalue weighted by Gasteiger charge is -2.07. The highest BCUT2D eigenvalue weighted by Crippen LogP contribution is 2.32. The summed E-state index contributed by atoms with van der Waals surface area (Å²) in [5.74, 6) is 0. The largest absolute Gasteiger partial charge is 0.309 e. The van der Waals surface area contributed by atoms with Crippen molar-refractivity contribution in [3.05, 3.63) is 72.6 Å². The van der Waals surface area contributed by atoms with Gasteiger partial charge >= 0.3 is 0 Å². The van der Waals surface area contributed by atoms with E-state index in [1.165, 1.54) is 27.5 Å². The number of aryl methyl sites for hydroxylation is 1. The van der Waals surface area contributed by atoms with Gasteiger partial charge in [0.15, 0.2) is 0 Å². The minimum Gasteiger partial charge on any atom is -0.309 e. The van der Waals surface area contributed by atoms with Gasteiger partial charge in [-0.3, -0.25) is 4.98 Å². The maximum absolute atomic E-state index is 4.45. The van der Waals surface area contributed by atoms with E-state index in [1.54, 1.807) is 0 Å². The van der Waals surface area contributed by atoms with Gasteiger partial charge in [-0.25, -0.2) is 0 Å². The van der Waals surface area contributed by atoms with Crippen molar-refractivity contribution in [2.45, 2.75) is 6.92 Å². The van der Waals surface area contributed by atoms with Gasteiger partial charge in [0.05, 0.1) is 11.0 Å². The number of benzene rings is 2. The quantitative estimate of drug-likeness (QED) is 0.492. The second-order valence-electron chi connectivity index (χ2n) is 4.98. The van der Waals surface area contributed by atoms with E-state index in [0.29, 0.717) is 0 Å². The predicted octanol–water partition coefficient (Wildman–Crippen LogP) is 4.49. The molecule has 4 aromatic rings. The summed E-state index contributed by atoms with van der Waals surface area (Å²) in [5, 5.41) is 2.50. The summed E-state index contributed by atoms with van der Waals surface area (Å²) >= 11 is 0. The molecule has 0 aliphatic heterocycles. The van der Waals surface area contributed by atoms with Crippen molar-refractivity contribution in [3.8, 4) is 5.69 Å². The fourth-order valence-electron chi connectivity index (χ4n) is 2.94. The second kappa shape index (κ2) is 4.20.